The molecule has 0 fully saturated rings. The number of carbonyl (C=O) groups is 1. The average Bonchev–Trinajstić information content (AvgIpc) is 2.89. The van der Waals surface area contributed by atoms with Crippen LogP contribution in [0.2, 0.25) is 5.02 Å². The first-order valence-corrected chi connectivity index (χ1v) is 8.17. The Morgan fingerprint density at radius 2 is 1.88 bits per heavy atom. The van der Waals surface area contributed by atoms with Gasteiger partial charge in [-0.3, -0.25) is 9.20 Å². The van der Waals surface area contributed by atoms with Crippen molar-refractivity contribution in [2.45, 2.75) is 26.1 Å². The maximum Gasteiger partial charge on any atom is 0.416 e. The highest BCUT2D eigenvalue weighted by Gasteiger charge is 2.31. The average molecular weight is 382 g/mol. The molecule has 0 saturated carbocycles. The number of nitrogens with zero attached hydrogens (tertiary/aromatic N) is 2. The van der Waals surface area contributed by atoms with Crippen LogP contribution in [0.4, 0.5) is 13.2 Å². The van der Waals surface area contributed by atoms with E-state index in [0.717, 1.165) is 17.7 Å². The van der Waals surface area contributed by atoms with Gasteiger partial charge in [0.15, 0.2) is 0 Å². The molecule has 26 heavy (non-hydrogen) atoms. The van der Waals surface area contributed by atoms with E-state index in [9.17, 15) is 18.0 Å². The highest BCUT2D eigenvalue weighted by molar-refractivity contribution is 6.30. The van der Waals surface area contributed by atoms with E-state index in [1.807, 2.05) is 0 Å². The van der Waals surface area contributed by atoms with E-state index in [0.29, 0.717) is 10.7 Å². The molecule has 3 aromatic rings. The Hall–Kier alpha value is -2.54. The molecule has 1 amide bonds. The van der Waals surface area contributed by atoms with Gasteiger partial charge in [0.25, 0.3) is 5.91 Å². The highest BCUT2D eigenvalue weighted by Crippen LogP contribution is 2.30. The fourth-order valence-corrected chi connectivity index (χ4v) is 2.84. The summed E-state index contributed by atoms with van der Waals surface area (Å²) in [5.41, 5.74) is 0.673. The number of aryl methyl sites for hydroxylation is 1. The first-order valence-electron chi connectivity index (χ1n) is 7.79. The van der Waals surface area contributed by atoms with Gasteiger partial charge < -0.3 is 5.32 Å². The molecule has 2 heterocycles. The minimum Gasteiger partial charge on any atom is -0.344 e. The van der Waals surface area contributed by atoms with Gasteiger partial charge in [-0.05, 0) is 43.7 Å². The number of hydrogen-bond donors (Lipinski definition) is 1. The Labute approximate surface area is 152 Å². The predicted molar refractivity (Wildman–Crippen MR) is 92.3 cm³/mol. The maximum atomic E-state index is 12.8. The number of hydrogen-bond acceptors (Lipinski definition) is 2. The number of nitrogens with one attached hydrogen (secondary N) is 1. The van der Waals surface area contributed by atoms with Gasteiger partial charge in [-0.2, -0.15) is 13.2 Å². The summed E-state index contributed by atoms with van der Waals surface area (Å²) >= 11 is 5.86. The van der Waals surface area contributed by atoms with Gasteiger partial charge in [-0.25, -0.2) is 4.98 Å². The van der Waals surface area contributed by atoms with Gasteiger partial charge in [0.1, 0.15) is 11.3 Å². The molecule has 4 nitrogen and oxygen atoms in total. The monoisotopic (exact) mass is 381 g/mol. The number of benzene rings is 1. The molecule has 1 unspecified atom stereocenters. The quantitative estimate of drug-likeness (QED) is 0.708. The SMILES string of the molecule is Cc1nc2cc(C(F)(F)F)ccn2c1C(=O)NC(C)c1ccc(Cl)cc1. The lowest BCUT2D eigenvalue weighted by atomic mass is 10.1. The molecule has 1 atom stereocenters. The number of amides is 1. The van der Waals surface area contributed by atoms with Crippen LogP contribution in [0, 0.1) is 6.92 Å². The van der Waals surface area contributed by atoms with E-state index in [2.05, 4.69) is 10.3 Å². The van der Waals surface area contributed by atoms with Crippen molar-refractivity contribution in [1.29, 1.82) is 0 Å². The van der Waals surface area contributed by atoms with Gasteiger partial charge in [-0.1, -0.05) is 23.7 Å². The number of aromatic nitrogens is 2. The van der Waals surface area contributed by atoms with Crippen LogP contribution in [0.25, 0.3) is 5.65 Å². The third-order valence-electron chi connectivity index (χ3n) is 4.06. The van der Waals surface area contributed by atoms with Crippen LogP contribution < -0.4 is 5.32 Å². The normalized spacial score (nSPS) is 13.0. The lowest BCUT2D eigenvalue weighted by Gasteiger charge is -2.15. The van der Waals surface area contributed by atoms with E-state index in [1.165, 1.54) is 10.6 Å². The molecule has 1 aromatic carbocycles. The second-order valence-corrected chi connectivity index (χ2v) is 6.37. The van der Waals surface area contributed by atoms with Crippen LogP contribution in [0.1, 0.15) is 40.3 Å². The summed E-state index contributed by atoms with van der Waals surface area (Å²) in [4.78, 5) is 16.7. The first-order chi connectivity index (χ1) is 12.2. The minimum absolute atomic E-state index is 0.0709. The van der Waals surface area contributed by atoms with Crippen molar-refractivity contribution in [2.75, 3.05) is 0 Å². The zero-order valence-electron chi connectivity index (χ0n) is 13.9. The molecule has 0 radical (unpaired) electrons. The van der Waals surface area contributed by atoms with Gasteiger partial charge in [0, 0.05) is 11.2 Å². The largest absolute Gasteiger partial charge is 0.416 e. The summed E-state index contributed by atoms with van der Waals surface area (Å²) in [6, 6.07) is 8.57. The molecule has 1 N–H and O–H groups in total. The molecule has 2 aromatic heterocycles. The van der Waals surface area contributed by atoms with Crippen LogP contribution in [0.5, 0.6) is 0 Å². The summed E-state index contributed by atoms with van der Waals surface area (Å²) in [6.07, 6.45) is -3.26. The molecule has 0 aliphatic carbocycles. The number of carbonyl (C=O) groups excluding carboxylic acids is 1. The summed E-state index contributed by atoms with van der Waals surface area (Å²) in [7, 11) is 0. The van der Waals surface area contributed by atoms with Gasteiger partial charge >= 0.3 is 6.18 Å². The second-order valence-electron chi connectivity index (χ2n) is 5.93. The van der Waals surface area contributed by atoms with Crippen molar-refractivity contribution in [3.05, 3.63) is 70.1 Å². The van der Waals surface area contributed by atoms with Crippen LogP contribution in [0.15, 0.2) is 42.6 Å². The summed E-state index contributed by atoms with van der Waals surface area (Å²) in [6.45, 7) is 3.39. The molecular formula is C18H15ClF3N3O. The van der Waals surface area contributed by atoms with Gasteiger partial charge in [-0.15, -0.1) is 0 Å². The van der Waals surface area contributed by atoms with Crippen LogP contribution in [-0.2, 0) is 6.18 Å². The van der Waals surface area contributed by atoms with Crippen molar-refractivity contribution in [3.8, 4) is 0 Å². The van der Waals surface area contributed by atoms with Crippen molar-refractivity contribution in [3.63, 3.8) is 0 Å². The highest BCUT2D eigenvalue weighted by atomic mass is 35.5. The topological polar surface area (TPSA) is 46.4 Å². The molecule has 0 aliphatic heterocycles. The Balaban J connectivity index is 1.90. The Bertz CT molecular complexity index is 964. The fraction of sp³-hybridized carbons (Fsp3) is 0.222. The number of imidazole rings is 1. The van der Waals surface area contributed by atoms with E-state index in [4.69, 9.17) is 11.6 Å². The Kier molecular flexibility index (Phi) is 4.66. The smallest absolute Gasteiger partial charge is 0.344 e. The van der Waals surface area contributed by atoms with Crippen LogP contribution in [-0.4, -0.2) is 15.3 Å². The van der Waals surface area contributed by atoms with E-state index in [1.54, 1.807) is 38.1 Å². The summed E-state index contributed by atoms with van der Waals surface area (Å²) in [5.74, 6) is -0.419. The van der Waals surface area contributed by atoms with Gasteiger partial charge in [0.2, 0.25) is 0 Å². The molecule has 0 spiro atoms. The molecule has 3 rings (SSSR count). The molecule has 0 saturated heterocycles. The Morgan fingerprint density at radius 3 is 2.50 bits per heavy atom. The molecule has 0 bridgehead atoms. The standard InChI is InChI=1S/C18H15ClF3N3O/c1-10(12-3-5-14(19)6-4-12)24-17(26)16-11(2)23-15-9-13(18(20,21)22)7-8-25(15)16/h3-10H,1-2H3,(H,24,26). The Morgan fingerprint density at radius 1 is 1.23 bits per heavy atom. The molecular weight excluding hydrogens is 367 g/mol. The summed E-state index contributed by atoms with van der Waals surface area (Å²) < 4.78 is 39.9. The number of rotatable bonds is 3. The maximum absolute atomic E-state index is 12.8. The fourth-order valence-electron chi connectivity index (χ4n) is 2.71. The molecule has 8 heteroatoms. The third-order valence-corrected chi connectivity index (χ3v) is 4.31. The predicted octanol–water partition coefficient (Wildman–Crippen LogP) is 4.81. The van der Waals surface area contributed by atoms with Crippen molar-refractivity contribution in [2.24, 2.45) is 0 Å². The number of halogens is 4. The summed E-state index contributed by atoms with van der Waals surface area (Å²) in [5, 5.41) is 3.42. The number of pyridine rings is 1. The van der Waals surface area contributed by atoms with Crippen molar-refractivity contribution >= 4 is 23.2 Å². The second kappa shape index (κ2) is 6.64. The molecule has 136 valence electrons. The molecule has 0 aliphatic rings. The lowest BCUT2D eigenvalue weighted by Crippen LogP contribution is -2.28. The van der Waals surface area contributed by atoms with E-state index >= 15 is 0 Å². The van der Waals surface area contributed by atoms with Crippen LogP contribution >= 0.6 is 11.6 Å². The zero-order valence-corrected chi connectivity index (χ0v) is 14.7. The van der Waals surface area contributed by atoms with Gasteiger partial charge in [0.05, 0.1) is 17.3 Å². The van der Waals surface area contributed by atoms with Crippen molar-refractivity contribution < 1.29 is 18.0 Å². The number of alkyl halides is 3. The zero-order chi connectivity index (χ0) is 19.1. The van der Waals surface area contributed by atoms with Crippen molar-refractivity contribution in [1.82, 2.24) is 14.7 Å². The van der Waals surface area contributed by atoms with Crippen LogP contribution in [0.3, 0.4) is 0 Å². The minimum atomic E-state index is -4.47. The van der Waals surface area contributed by atoms with E-state index < -0.39 is 17.6 Å². The third kappa shape index (κ3) is 3.53. The number of fused-ring (bicyclic) bond motifs is 1. The van der Waals surface area contributed by atoms with E-state index in [-0.39, 0.29) is 17.4 Å². The lowest BCUT2D eigenvalue weighted by molar-refractivity contribution is -0.137. The first kappa shape index (κ1) is 18.3.